The van der Waals surface area contributed by atoms with Crippen LogP contribution in [0.15, 0.2) is 36.8 Å². The lowest BCUT2D eigenvalue weighted by atomic mass is 10.1. The average molecular weight is 450 g/mol. The Balaban J connectivity index is 1.66. The number of hydrogen-bond acceptors (Lipinski definition) is 5. The van der Waals surface area contributed by atoms with Crippen LogP contribution >= 0.6 is 23.2 Å². The molecule has 6 nitrogen and oxygen atoms in total. The Morgan fingerprint density at radius 2 is 2.03 bits per heavy atom. The number of benzene rings is 1. The Labute approximate surface area is 184 Å². The SMILES string of the molecule is CC(Oc1c(-c2cnn(C3CCNCC3)c2)ccnc1N)c1c(Cl)ccc(F)c1Cl. The number of pyridine rings is 1. The number of piperidine rings is 1. The molecule has 1 saturated heterocycles. The molecule has 3 N–H and O–H groups in total. The predicted molar refractivity (Wildman–Crippen MR) is 116 cm³/mol. The molecule has 2 aromatic heterocycles. The van der Waals surface area contributed by atoms with Gasteiger partial charge >= 0.3 is 0 Å². The van der Waals surface area contributed by atoms with Crippen LogP contribution in [-0.2, 0) is 0 Å². The van der Waals surface area contributed by atoms with Crippen LogP contribution in [0.1, 0.15) is 37.5 Å². The van der Waals surface area contributed by atoms with Crippen LogP contribution in [-0.4, -0.2) is 27.9 Å². The van der Waals surface area contributed by atoms with Crippen molar-refractivity contribution in [1.29, 1.82) is 0 Å². The van der Waals surface area contributed by atoms with Crippen LogP contribution in [0.4, 0.5) is 10.2 Å². The maximum atomic E-state index is 14.0. The van der Waals surface area contributed by atoms with E-state index in [1.807, 2.05) is 16.9 Å². The molecule has 0 amide bonds. The molecule has 4 rings (SSSR count). The zero-order valence-corrected chi connectivity index (χ0v) is 17.9. The van der Waals surface area contributed by atoms with Crippen molar-refractivity contribution in [2.45, 2.75) is 31.9 Å². The standard InChI is InChI=1S/C21H22Cl2FN5O/c1-12(18-16(22)2-3-17(24)19(18)23)30-20-15(6-9-27-21(20)25)13-10-28-29(11-13)14-4-7-26-8-5-14/h2-3,6,9-12,14,26H,4-5,7-8H2,1H3,(H2,25,27). The molecule has 158 valence electrons. The van der Waals surface area contributed by atoms with Gasteiger partial charge in [0.05, 0.1) is 17.3 Å². The number of aromatic nitrogens is 3. The monoisotopic (exact) mass is 449 g/mol. The van der Waals surface area contributed by atoms with Crippen molar-refractivity contribution in [3.8, 4) is 16.9 Å². The van der Waals surface area contributed by atoms with Crippen LogP contribution < -0.4 is 15.8 Å². The van der Waals surface area contributed by atoms with E-state index in [0.29, 0.717) is 22.4 Å². The molecule has 0 aliphatic carbocycles. The van der Waals surface area contributed by atoms with E-state index in [0.717, 1.165) is 37.1 Å². The summed E-state index contributed by atoms with van der Waals surface area (Å²) in [6, 6.07) is 4.85. The summed E-state index contributed by atoms with van der Waals surface area (Å²) < 4.78 is 22.1. The van der Waals surface area contributed by atoms with Gasteiger partial charge in [-0.3, -0.25) is 4.68 Å². The normalized spacial score (nSPS) is 15.9. The van der Waals surface area contributed by atoms with Crippen molar-refractivity contribution in [3.05, 3.63) is 58.2 Å². The van der Waals surface area contributed by atoms with E-state index in [1.54, 1.807) is 19.3 Å². The molecule has 30 heavy (non-hydrogen) atoms. The summed E-state index contributed by atoms with van der Waals surface area (Å²) in [5, 5.41) is 8.14. The minimum Gasteiger partial charge on any atom is -0.481 e. The molecule has 0 bridgehead atoms. The first-order valence-electron chi connectivity index (χ1n) is 9.75. The number of ether oxygens (including phenoxy) is 1. The molecule has 3 aromatic rings. The third-order valence-electron chi connectivity index (χ3n) is 5.31. The summed E-state index contributed by atoms with van der Waals surface area (Å²) >= 11 is 12.4. The topological polar surface area (TPSA) is 78.0 Å². The van der Waals surface area contributed by atoms with E-state index >= 15 is 0 Å². The minimum absolute atomic E-state index is 0.0715. The highest BCUT2D eigenvalue weighted by molar-refractivity contribution is 6.36. The first-order chi connectivity index (χ1) is 14.5. The van der Waals surface area contributed by atoms with E-state index in [1.165, 1.54) is 12.1 Å². The lowest BCUT2D eigenvalue weighted by Gasteiger charge is -2.23. The quantitative estimate of drug-likeness (QED) is 0.533. The highest BCUT2D eigenvalue weighted by Gasteiger charge is 2.23. The second-order valence-corrected chi connectivity index (χ2v) is 8.07. The third-order valence-corrected chi connectivity index (χ3v) is 6.02. The molecule has 1 atom stereocenters. The highest BCUT2D eigenvalue weighted by atomic mass is 35.5. The largest absolute Gasteiger partial charge is 0.481 e. The fourth-order valence-corrected chi connectivity index (χ4v) is 4.39. The summed E-state index contributed by atoms with van der Waals surface area (Å²) in [6.07, 6.45) is 6.80. The van der Waals surface area contributed by atoms with Crippen molar-refractivity contribution in [1.82, 2.24) is 20.1 Å². The van der Waals surface area contributed by atoms with Crippen molar-refractivity contribution in [3.63, 3.8) is 0 Å². The maximum Gasteiger partial charge on any atom is 0.170 e. The number of nitrogens with two attached hydrogens (primary N) is 1. The average Bonchev–Trinajstić information content (AvgIpc) is 3.23. The summed E-state index contributed by atoms with van der Waals surface area (Å²) in [5.41, 5.74) is 8.10. The number of nitrogen functional groups attached to an aromatic ring is 1. The van der Waals surface area contributed by atoms with E-state index in [2.05, 4.69) is 15.4 Å². The lowest BCUT2D eigenvalue weighted by molar-refractivity contribution is 0.228. The van der Waals surface area contributed by atoms with Gasteiger partial charge in [0.1, 0.15) is 11.9 Å². The highest BCUT2D eigenvalue weighted by Crippen LogP contribution is 2.40. The van der Waals surface area contributed by atoms with E-state index in [9.17, 15) is 4.39 Å². The maximum absolute atomic E-state index is 14.0. The van der Waals surface area contributed by atoms with Gasteiger partial charge in [-0.05, 0) is 51.1 Å². The number of anilines is 1. The zero-order valence-electron chi connectivity index (χ0n) is 16.4. The van der Waals surface area contributed by atoms with Gasteiger partial charge in [-0.15, -0.1) is 0 Å². The first kappa shape index (κ1) is 20.9. The molecule has 1 fully saturated rings. The van der Waals surface area contributed by atoms with Gasteiger partial charge in [0.25, 0.3) is 0 Å². The number of nitrogens with zero attached hydrogens (tertiary/aromatic N) is 3. The number of halogens is 3. The van der Waals surface area contributed by atoms with Crippen molar-refractivity contribution in [2.75, 3.05) is 18.8 Å². The van der Waals surface area contributed by atoms with E-state index in [-0.39, 0.29) is 10.8 Å². The Bertz CT molecular complexity index is 1050. The summed E-state index contributed by atoms with van der Waals surface area (Å²) in [6.45, 7) is 3.69. The van der Waals surface area contributed by atoms with Gasteiger partial charge < -0.3 is 15.8 Å². The third kappa shape index (κ3) is 4.10. The van der Waals surface area contributed by atoms with Crippen molar-refractivity contribution >= 4 is 29.0 Å². The molecule has 1 unspecified atom stereocenters. The van der Waals surface area contributed by atoms with Gasteiger partial charge in [0.2, 0.25) is 0 Å². The molecule has 9 heteroatoms. The van der Waals surface area contributed by atoms with Gasteiger partial charge in [0, 0.05) is 34.1 Å². The van der Waals surface area contributed by atoms with Gasteiger partial charge in [0.15, 0.2) is 11.6 Å². The zero-order chi connectivity index (χ0) is 21.3. The minimum atomic E-state index is -0.648. The van der Waals surface area contributed by atoms with Crippen LogP contribution in [0.5, 0.6) is 5.75 Å². The molecule has 3 heterocycles. The molecular formula is C21H22Cl2FN5O. The van der Waals surface area contributed by atoms with Crippen LogP contribution in [0.3, 0.4) is 0 Å². The fourth-order valence-electron chi connectivity index (χ4n) is 3.71. The molecule has 0 spiro atoms. The second-order valence-electron chi connectivity index (χ2n) is 7.28. The summed E-state index contributed by atoms with van der Waals surface area (Å²) in [4.78, 5) is 4.15. The molecule has 0 radical (unpaired) electrons. The van der Waals surface area contributed by atoms with Crippen molar-refractivity contribution in [2.24, 2.45) is 0 Å². The number of hydrogen-bond donors (Lipinski definition) is 2. The number of nitrogens with one attached hydrogen (secondary N) is 1. The Morgan fingerprint density at radius 3 is 2.80 bits per heavy atom. The van der Waals surface area contributed by atoms with Gasteiger partial charge in [-0.25, -0.2) is 9.37 Å². The smallest absolute Gasteiger partial charge is 0.170 e. The van der Waals surface area contributed by atoms with E-state index < -0.39 is 11.9 Å². The van der Waals surface area contributed by atoms with Crippen LogP contribution in [0.2, 0.25) is 10.0 Å². The first-order valence-corrected chi connectivity index (χ1v) is 10.5. The molecule has 0 saturated carbocycles. The Morgan fingerprint density at radius 1 is 1.27 bits per heavy atom. The molecule has 1 aliphatic heterocycles. The number of rotatable bonds is 5. The molecule has 1 aromatic carbocycles. The van der Waals surface area contributed by atoms with Gasteiger partial charge in [-0.1, -0.05) is 23.2 Å². The Hall–Kier alpha value is -2.35. The summed E-state index contributed by atoms with van der Waals surface area (Å²) in [7, 11) is 0. The predicted octanol–water partition coefficient (Wildman–Crippen LogP) is 5.04. The lowest BCUT2D eigenvalue weighted by Crippen LogP contribution is -2.29. The Kier molecular flexibility index (Phi) is 6.13. The fraction of sp³-hybridized carbons (Fsp3) is 0.333. The summed E-state index contributed by atoms with van der Waals surface area (Å²) in [5.74, 6) is 0.0398. The van der Waals surface area contributed by atoms with Crippen molar-refractivity contribution < 1.29 is 9.13 Å². The van der Waals surface area contributed by atoms with Gasteiger partial charge in [-0.2, -0.15) is 5.10 Å². The second kappa shape index (κ2) is 8.79. The molecular weight excluding hydrogens is 428 g/mol. The molecule has 1 aliphatic rings. The van der Waals surface area contributed by atoms with Crippen LogP contribution in [0.25, 0.3) is 11.1 Å². The van der Waals surface area contributed by atoms with Crippen LogP contribution in [0, 0.1) is 5.82 Å². The van der Waals surface area contributed by atoms with E-state index in [4.69, 9.17) is 33.7 Å².